The van der Waals surface area contributed by atoms with E-state index >= 15 is 0 Å². The van der Waals surface area contributed by atoms with Crippen LogP contribution in [0.5, 0.6) is 0 Å². The maximum atomic E-state index is 11.3. The van der Waals surface area contributed by atoms with Crippen molar-refractivity contribution < 1.29 is 4.21 Å². The molecular weight excluding hydrogens is 300 g/mol. The maximum Gasteiger partial charge on any atom is 0.0982 e. The van der Waals surface area contributed by atoms with Crippen LogP contribution in [0.3, 0.4) is 0 Å². The molecule has 0 saturated heterocycles. The number of aromatic nitrogens is 1. The van der Waals surface area contributed by atoms with E-state index in [-0.39, 0.29) is 5.41 Å². The van der Waals surface area contributed by atoms with Gasteiger partial charge in [0.2, 0.25) is 0 Å². The molecule has 0 aliphatic rings. The lowest BCUT2D eigenvalue weighted by Gasteiger charge is -2.13. The predicted molar refractivity (Wildman–Crippen MR) is 92.4 cm³/mol. The third-order valence-electron chi connectivity index (χ3n) is 2.96. The Morgan fingerprint density at radius 1 is 1.33 bits per heavy atom. The van der Waals surface area contributed by atoms with Crippen molar-refractivity contribution in [3.05, 3.63) is 45.9 Å². The summed E-state index contributed by atoms with van der Waals surface area (Å²) in [5.41, 5.74) is 3.31. The summed E-state index contributed by atoms with van der Waals surface area (Å²) in [5.74, 6) is 0.598. The number of hydrogen-bond acceptors (Lipinski definition) is 4. The monoisotopic (exact) mass is 322 g/mol. The summed E-state index contributed by atoms with van der Waals surface area (Å²) in [6, 6.07) is 8.08. The summed E-state index contributed by atoms with van der Waals surface area (Å²) in [5, 5.41) is 6.66. The molecule has 0 aliphatic heterocycles. The van der Waals surface area contributed by atoms with Crippen molar-refractivity contribution in [3.63, 3.8) is 0 Å². The van der Waals surface area contributed by atoms with Gasteiger partial charge in [0.05, 0.1) is 17.2 Å². The fourth-order valence-electron chi connectivity index (χ4n) is 1.93. The first kappa shape index (κ1) is 16.2. The van der Waals surface area contributed by atoms with Gasteiger partial charge in [0.15, 0.2) is 0 Å². The smallest absolute Gasteiger partial charge is 0.0982 e. The van der Waals surface area contributed by atoms with Crippen LogP contribution in [0, 0.1) is 0 Å². The summed E-state index contributed by atoms with van der Waals surface area (Å²) in [7, 11) is -0.810. The van der Waals surface area contributed by atoms with Gasteiger partial charge in [-0.05, 0) is 17.7 Å². The molecule has 0 bridgehead atoms. The zero-order valence-corrected chi connectivity index (χ0v) is 14.6. The predicted octanol–water partition coefficient (Wildman–Crippen LogP) is 3.93. The SMILES string of the molecule is C[S@@](=O)Cc1cccc(NCc2csc(C(C)(C)C)n2)c1. The molecule has 1 N–H and O–H groups in total. The van der Waals surface area contributed by atoms with Crippen molar-refractivity contribution in [1.82, 2.24) is 4.98 Å². The minimum atomic E-state index is -0.810. The van der Waals surface area contributed by atoms with Gasteiger partial charge in [-0.3, -0.25) is 4.21 Å². The van der Waals surface area contributed by atoms with Gasteiger partial charge in [-0.2, -0.15) is 0 Å². The second-order valence-electron chi connectivity index (χ2n) is 6.17. The standard InChI is InChI=1S/C16H22N2OS2/c1-16(2,3)15-18-14(10-20-15)9-17-13-7-5-6-12(8-13)11-21(4)19/h5-8,10,17H,9,11H2,1-4H3/t21-/m1/s1. The van der Waals surface area contributed by atoms with Gasteiger partial charge < -0.3 is 5.32 Å². The number of thiazole rings is 1. The van der Waals surface area contributed by atoms with Gasteiger partial charge in [-0.15, -0.1) is 11.3 Å². The van der Waals surface area contributed by atoms with Crippen molar-refractivity contribution >= 4 is 27.8 Å². The summed E-state index contributed by atoms with van der Waals surface area (Å²) in [6.45, 7) is 7.25. The van der Waals surface area contributed by atoms with Gasteiger partial charge in [0.1, 0.15) is 0 Å². The second-order valence-corrected chi connectivity index (χ2v) is 8.46. The Balaban J connectivity index is 2.00. The highest BCUT2D eigenvalue weighted by atomic mass is 32.2. The zero-order valence-electron chi connectivity index (χ0n) is 13.0. The highest BCUT2D eigenvalue weighted by Crippen LogP contribution is 2.25. The molecule has 0 saturated carbocycles. The Morgan fingerprint density at radius 3 is 2.71 bits per heavy atom. The average molecular weight is 322 g/mol. The third kappa shape index (κ3) is 4.93. The summed E-state index contributed by atoms with van der Waals surface area (Å²) in [4.78, 5) is 4.67. The summed E-state index contributed by atoms with van der Waals surface area (Å²) >= 11 is 1.71. The Kier molecular flexibility index (Phi) is 5.17. The first-order valence-corrected chi connectivity index (χ1v) is 9.53. The first-order valence-electron chi connectivity index (χ1n) is 6.92. The number of anilines is 1. The fourth-order valence-corrected chi connectivity index (χ4v) is 3.49. The quantitative estimate of drug-likeness (QED) is 0.907. The van der Waals surface area contributed by atoms with Gasteiger partial charge >= 0.3 is 0 Å². The van der Waals surface area contributed by atoms with Crippen LogP contribution in [-0.4, -0.2) is 15.4 Å². The Bertz CT molecular complexity index is 629. The molecular formula is C16H22N2OS2. The summed E-state index contributed by atoms with van der Waals surface area (Å²) in [6.07, 6.45) is 1.73. The number of hydrogen-bond donors (Lipinski definition) is 1. The largest absolute Gasteiger partial charge is 0.379 e. The molecule has 0 fully saturated rings. The van der Waals surface area contributed by atoms with Crippen LogP contribution in [0.15, 0.2) is 29.6 Å². The van der Waals surface area contributed by atoms with E-state index in [0.29, 0.717) is 12.3 Å². The van der Waals surface area contributed by atoms with Crippen molar-refractivity contribution in [2.45, 2.75) is 38.5 Å². The van der Waals surface area contributed by atoms with Crippen LogP contribution in [0.25, 0.3) is 0 Å². The number of benzene rings is 1. The molecule has 1 aromatic carbocycles. The normalized spacial score (nSPS) is 13.1. The van der Waals surface area contributed by atoms with Crippen LogP contribution in [0.1, 0.15) is 37.0 Å². The average Bonchev–Trinajstić information content (AvgIpc) is 2.84. The molecule has 0 radical (unpaired) electrons. The van der Waals surface area contributed by atoms with E-state index in [2.05, 4.69) is 42.5 Å². The lowest BCUT2D eigenvalue weighted by Crippen LogP contribution is -2.11. The van der Waals surface area contributed by atoms with Crippen LogP contribution in [0.2, 0.25) is 0 Å². The van der Waals surface area contributed by atoms with Gasteiger partial charge in [-0.1, -0.05) is 32.9 Å². The van der Waals surface area contributed by atoms with Gasteiger partial charge in [-0.25, -0.2) is 4.98 Å². The zero-order chi connectivity index (χ0) is 15.5. The molecule has 1 aromatic heterocycles. The van der Waals surface area contributed by atoms with Crippen molar-refractivity contribution in [2.24, 2.45) is 0 Å². The molecule has 0 unspecified atom stereocenters. The topological polar surface area (TPSA) is 42.0 Å². The lowest BCUT2D eigenvalue weighted by molar-refractivity contribution is 0.583. The van der Waals surface area contributed by atoms with Crippen LogP contribution >= 0.6 is 11.3 Å². The molecule has 114 valence electrons. The Hall–Kier alpha value is -1.20. The highest BCUT2D eigenvalue weighted by molar-refractivity contribution is 7.83. The molecule has 2 rings (SSSR count). The molecule has 2 aromatic rings. The molecule has 1 atom stereocenters. The van der Waals surface area contributed by atoms with E-state index in [1.54, 1.807) is 17.6 Å². The second kappa shape index (κ2) is 6.71. The van der Waals surface area contributed by atoms with E-state index in [9.17, 15) is 4.21 Å². The van der Waals surface area contributed by atoms with Crippen LogP contribution in [-0.2, 0) is 28.5 Å². The highest BCUT2D eigenvalue weighted by Gasteiger charge is 2.17. The Morgan fingerprint density at radius 2 is 2.10 bits per heavy atom. The van der Waals surface area contributed by atoms with Gasteiger partial charge in [0, 0.05) is 39.3 Å². The molecule has 5 heteroatoms. The molecule has 0 aliphatic carbocycles. The Labute approximate surface area is 133 Å². The number of nitrogens with one attached hydrogen (secondary N) is 1. The first-order chi connectivity index (χ1) is 9.84. The van der Waals surface area contributed by atoms with Crippen molar-refractivity contribution in [1.29, 1.82) is 0 Å². The third-order valence-corrected chi connectivity index (χ3v) is 5.02. The fraction of sp³-hybridized carbons (Fsp3) is 0.438. The van der Waals surface area contributed by atoms with E-state index in [1.165, 1.54) is 0 Å². The van der Waals surface area contributed by atoms with Crippen LogP contribution < -0.4 is 5.32 Å². The molecule has 1 heterocycles. The minimum Gasteiger partial charge on any atom is -0.379 e. The minimum absolute atomic E-state index is 0.105. The van der Waals surface area contributed by atoms with E-state index in [1.807, 2.05) is 18.2 Å². The number of nitrogens with zero attached hydrogens (tertiary/aromatic N) is 1. The van der Waals surface area contributed by atoms with Crippen molar-refractivity contribution in [3.8, 4) is 0 Å². The molecule has 21 heavy (non-hydrogen) atoms. The van der Waals surface area contributed by atoms with Crippen molar-refractivity contribution in [2.75, 3.05) is 11.6 Å². The molecule has 3 nitrogen and oxygen atoms in total. The summed E-state index contributed by atoms with van der Waals surface area (Å²) < 4.78 is 11.3. The van der Waals surface area contributed by atoms with E-state index in [0.717, 1.165) is 22.0 Å². The number of rotatable bonds is 5. The molecule has 0 spiro atoms. The van der Waals surface area contributed by atoms with Gasteiger partial charge in [0.25, 0.3) is 0 Å². The molecule has 0 amide bonds. The maximum absolute atomic E-state index is 11.3. The van der Waals surface area contributed by atoms with Crippen LogP contribution in [0.4, 0.5) is 5.69 Å². The van der Waals surface area contributed by atoms with E-state index in [4.69, 9.17) is 0 Å². The van der Waals surface area contributed by atoms with E-state index < -0.39 is 10.8 Å². The lowest BCUT2D eigenvalue weighted by atomic mass is 9.98.